The first-order valence-electron chi connectivity index (χ1n) is 13.7. The lowest BCUT2D eigenvalue weighted by Crippen LogP contribution is -2.58. The third kappa shape index (κ3) is 6.95. The molecule has 41 heavy (non-hydrogen) atoms. The van der Waals surface area contributed by atoms with Gasteiger partial charge in [-0.2, -0.15) is 13.2 Å². The summed E-state index contributed by atoms with van der Waals surface area (Å²) < 4.78 is 54.2. The quantitative estimate of drug-likeness (QED) is 0.492. The summed E-state index contributed by atoms with van der Waals surface area (Å²) in [6.07, 6.45) is -3.82. The third-order valence-electron chi connectivity index (χ3n) is 7.10. The molecule has 13 heteroatoms. The van der Waals surface area contributed by atoms with E-state index >= 15 is 0 Å². The van der Waals surface area contributed by atoms with E-state index in [1.165, 1.54) is 28.9 Å². The third-order valence-corrected chi connectivity index (χ3v) is 7.10. The highest BCUT2D eigenvalue weighted by molar-refractivity contribution is 6.05. The van der Waals surface area contributed by atoms with Crippen LogP contribution in [-0.2, 0) is 25.3 Å². The lowest BCUT2D eigenvalue weighted by Gasteiger charge is -2.42. The van der Waals surface area contributed by atoms with Gasteiger partial charge in [-0.05, 0) is 66.5 Å². The maximum absolute atomic E-state index is 14.4. The SMILES string of the molecule is COCC1(C)Oc2cc(C(F)(F)F)c(C(=O)N(C(C)C)C3CCCN(OC(=O)C(C)(C)C)C3)cc2N(CCN)C1=O. The number of hydrogen-bond acceptors (Lipinski definition) is 8. The minimum Gasteiger partial charge on any atom is -0.473 e. The number of alkyl halides is 3. The van der Waals surface area contributed by atoms with Gasteiger partial charge < -0.3 is 29.8 Å². The average molecular weight is 587 g/mol. The molecule has 2 N–H and O–H groups in total. The standard InChI is InChI=1S/C28H41F3N4O6/c1-17(2)35(18-9-8-11-33(15-18)41-25(38)26(3,4)5)23(36)19-13-21-22(14-20(19)28(29,30)31)40-27(6,16-39-7)24(37)34(21)12-10-32/h13-14,17-18H,8-12,15-16,32H2,1-7H3. The minimum atomic E-state index is -4.90. The summed E-state index contributed by atoms with van der Waals surface area (Å²) in [5.74, 6) is -2.04. The first-order chi connectivity index (χ1) is 18.9. The van der Waals surface area contributed by atoms with Crippen LogP contribution in [0.15, 0.2) is 12.1 Å². The number of methoxy groups -OCH3 is 1. The lowest BCUT2D eigenvalue weighted by molar-refractivity contribution is -0.208. The van der Waals surface area contributed by atoms with Gasteiger partial charge in [0.15, 0.2) is 0 Å². The number of nitrogens with zero attached hydrogens (tertiary/aromatic N) is 3. The molecule has 10 nitrogen and oxygen atoms in total. The Labute approximate surface area is 238 Å². The van der Waals surface area contributed by atoms with Crippen LogP contribution in [0.25, 0.3) is 0 Å². The summed E-state index contributed by atoms with van der Waals surface area (Å²) in [7, 11) is 1.35. The number of piperidine rings is 1. The van der Waals surface area contributed by atoms with Crippen LogP contribution in [0.2, 0.25) is 0 Å². The van der Waals surface area contributed by atoms with Crippen LogP contribution in [0.1, 0.15) is 70.3 Å². The average Bonchev–Trinajstić information content (AvgIpc) is 2.85. The maximum Gasteiger partial charge on any atom is 0.417 e. The zero-order chi connectivity index (χ0) is 30.9. The number of benzene rings is 1. The number of anilines is 1. The van der Waals surface area contributed by atoms with Gasteiger partial charge >= 0.3 is 12.1 Å². The molecule has 1 aromatic carbocycles. The number of fused-ring (bicyclic) bond motifs is 1. The largest absolute Gasteiger partial charge is 0.473 e. The smallest absolute Gasteiger partial charge is 0.417 e. The predicted octanol–water partition coefficient (Wildman–Crippen LogP) is 3.61. The number of carbonyl (C=O) groups is 3. The molecule has 0 bridgehead atoms. The van der Waals surface area contributed by atoms with Crippen LogP contribution in [0.4, 0.5) is 18.9 Å². The fourth-order valence-corrected chi connectivity index (χ4v) is 5.12. The predicted molar refractivity (Wildman–Crippen MR) is 145 cm³/mol. The Kier molecular flexibility index (Phi) is 9.66. The molecule has 0 aromatic heterocycles. The van der Waals surface area contributed by atoms with Crippen molar-refractivity contribution >= 4 is 23.5 Å². The van der Waals surface area contributed by atoms with Crippen molar-refractivity contribution in [2.24, 2.45) is 11.1 Å². The van der Waals surface area contributed by atoms with Crippen molar-refractivity contribution in [1.82, 2.24) is 9.96 Å². The Morgan fingerprint density at radius 2 is 1.90 bits per heavy atom. The second-order valence-electron chi connectivity index (χ2n) is 12.0. The van der Waals surface area contributed by atoms with Crippen LogP contribution in [-0.4, -0.2) is 85.3 Å². The molecular formula is C28H41F3N4O6. The Morgan fingerprint density at radius 1 is 1.24 bits per heavy atom. The van der Waals surface area contributed by atoms with Crippen LogP contribution < -0.4 is 15.4 Å². The fourth-order valence-electron chi connectivity index (χ4n) is 5.12. The van der Waals surface area contributed by atoms with Crippen molar-refractivity contribution in [3.05, 3.63) is 23.3 Å². The normalized spacial score (nSPS) is 21.9. The van der Waals surface area contributed by atoms with Gasteiger partial charge in [-0.3, -0.25) is 9.59 Å². The summed E-state index contributed by atoms with van der Waals surface area (Å²) >= 11 is 0. The van der Waals surface area contributed by atoms with Crippen molar-refractivity contribution in [3.63, 3.8) is 0 Å². The summed E-state index contributed by atoms with van der Waals surface area (Å²) in [6, 6.07) is 0.828. The zero-order valence-corrected chi connectivity index (χ0v) is 24.8. The first kappa shape index (κ1) is 32.6. The van der Waals surface area contributed by atoms with Gasteiger partial charge in [-0.15, -0.1) is 5.06 Å². The summed E-state index contributed by atoms with van der Waals surface area (Å²) in [6.45, 7) is 10.4. The Bertz CT molecular complexity index is 1150. The highest BCUT2D eigenvalue weighted by atomic mass is 19.4. The molecule has 2 aliphatic rings. The van der Waals surface area contributed by atoms with Gasteiger partial charge in [-0.25, -0.2) is 4.79 Å². The molecule has 1 aromatic rings. The molecular weight excluding hydrogens is 545 g/mol. The van der Waals surface area contributed by atoms with E-state index in [1.807, 2.05) is 0 Å². The number of hydroxylamine groups is 2. The van der Waals surface area contributed by atoms with Crippen LogP contribution in [0, 0.1) is 5.41 Å². The molecule has 2 unspecified atom stereocenters. The number of amides is 2. The summed E-state index contributed by atoms with van der Waals surface area (Å²) in [5, 5.41) is 1.47. The number of ether oxygens (including phenoxy) is 2. The second-order valence-corrected chi connectivity index (χ2v) is 12.0. The molecule has 0 aliphatic carbocycles. The van der Waals surface area contributed by atoms with Crippen molar-refractivity contribution in [2.45, 2.75) is 78.2 Å². The molecule has 2 amide bonds. The molecule has 1 saturated heterocycles. The van der Waals surface area contributed by atoms with Gasteiger partial charge in [0.05, 0.1) is 35.4 Å². The zero-order valence-electron chi connectivity index (χ0n) is 24.8. The maximum atomic E-state index is 14.4. The van der Waals surface area contributed by atoms with Gasteiger partial charge in [0.1, 0.15) is 5.75 Å². The molecule has 2 aliphatic heterocycles. The minimum absolute atomic E-state index is 0.00187. The molecule has 2 heterocycles. The van der Waals surface area contributed by atoms with E-state index in [1.54, 1.807) is 34.6 Å². The van der Waals surface area contributed by atoms with E-state index in [0.717, 1.165) is 12.1 Å². The van der Waals surface area contributed by atoms with Crippen molar-refractivity contribution in [1.29, 1.82) is 0 Å². The Balaban J connectivity index is 2.07. The fraction of sp³-hybridized carbons (Fsp3) is 0.679. The van der Waals surface area contributed by atoms with Gasteiger partial charge in [0.2, 0.25) is 5.60 Å². The Morgan fingerprint density at radius 3 is 2.44 bits per heavy atom. The van der Waals surface area contributed by atoms with E-state index in [0.29, 0.717) is 19.4 Å². The van der Waals surface area contributed by atoms with E-state index in [9.17, 15) is 27.6 Å². The highest BCUT2D eigenvalue weighted by Crippen LogP contribution is 2.44. The highest BCUT2D eigenvalue weighted by Gasteiger charge is 2.47. The first-order valence-corrected chi connectivity index (χ1v) is 13.7. The van der Waals surface area contributed by atoms with E-state index in [4.69, 9.17) is 20.0 Å². The molecule has 0 spiro atoms. The second kappa shape index (κ2) is 12.1. The van der Waals surface area contributed by atoms with E-state index in [-0.39, 0.29) is 37.7 Å². The number of rotatable bonds is 8. The topological polar surface area (TPSA) is 115 Å². The van der Waals surface area contributed by atoms with Gasteiger partial charge in [-0.1, -0.05) is 0 Å². The van der Waals surface area contributed by atoms with Crippen LogP contribution >= 0.6 is 0 Å². The summed E-state index contributed by atoms with van der Waals surface area (Å²) in [4.78, 5) is 48.0. The van der Waals surface area contributed by atoms with Crippen LogP contribution in [0.5, 0.6) is 5.75 Å². The monoisotopic (exact) mass is 586 g/mol. The van der Waals surface area contributed by atoms with Gasteiger partial charge in [0, 0.05) is 38.8 Å². The number of nitrogens with two attached hydrogens (primary N) is 1. The number of hydrogen-bond donors (Lipinski definition) is 1. The number of halogens is 3. The number of carbonyl (C=O) groups excluding carboxylic acids is 3. The molecule has 3 rings (SSSR count). The van der Waals surface area contributed by atoms with Gasteiger partial charge in [0.25, 0.3) is 11.8 Å². The lowest BCUT2D eigenvalue weighted by atomic mass is 9.96. The molecule has 2 atom stereocenters. The van der Waals surface area contributed by atoms with E-state index in [2.05, 4.69) is 0 Å². The summed E-state index contributed by atoms with van der Waals surface area (Å²) in [5.41, 5.74) is 1.65. The molecule has 1 fully saturated rings. The van der Waals surface area contributed by atoms with Crippen molar-refractivity contribution in [3.8, 4) is 5.75 Å². The van der Waals surface area contributed by atoms with Crippen molar-refractivity contribution in [2.75, 3.05) is 44.8 Å². The molecule has 230 valence electrons. The van der Waals surface area contributed by atoms with E-state index < -0.39 is 58.2 Å². The molecule has 0 saturated carbocycles. The van der Waals surface area contributed by atoms with Crippen LogP contribution in [0.3, 0.4) is 0 Å². The Hall–Kier alpha value is -2.90. The molecule has 0 radical (unpaired) electrons. The van der Waals surface area contributed by atoms with Crippen molar-refractivity contribution < 1.29 is 41.9 Å².